The van der Waals surface area contributed by atoms with Crippen molar-refractivity contribution < 1.29 is 9.53 Å². The van der Waals surface area contributed by atoms with Gasteiger partial charge in [0.2, 0.25) is 0 Å². The number of benzene rings is 2. The monoisotopic (exact) mass is 322 g/mol. The molecule has 0 saturated heterocycles. The predicted molar refractivity (Wildman–Crippen MR) is 97.1 cm³/mol. The molecule has 0 radical (unpaired) electrons. The van der Waals surface area contributed by atoms with E-state index < -0.39 is 0 Å². The Bertz CT molecular complexity index is 834. The van der Waals surface area contributed by atoms with Crippen molar-refractivity contribution in [2.24, 2.45) is 0 Å². The Kier molecular flexibility index (Phi) is 4.96. The highest BCUT2D eigenvalue weighted by atomic mass is 16.5. The van der Waals surface area contributed by atoms with Gasteiger partial charge in [-0.1, -0.05) is 37.3 Å². The molecule has 0 aliphatic carbocycles. The molecule has 0 unspecified atom stereocenters. The number of nitrogens with one attached hydrogen (secondary N) is 2. The summed E-state index contributed by atoms with van der Waals surface area (Å²) in [7, 11) is 1.40. The summed E-state index contributed by atoms with van der Waals surface area (Å²) in [4.78, 5) is 15.3. The molecule has 124 valence electrons. The number of carbonyl (C=O) groups excluding carboxylic acids is 1. The van der Waals surface area contributed by atoms with Crippen molar-refractivity contribution in [2.45, 2.75) is 19.9 Å². The van der Waals surface area contributed by atoms with Crippen LogP contribution in [0.25, 0.3) is 22.2 Å². The first-order chi connectivity index (χ1) is 11.7. The summed E-state index contributed by atoms with van der Waals surface area (Å²) in [6.45, 7) is 4.07. The Morgan fingerprint density at radius 1 is 1.17 bits per heavy atom. The Labute approximate surface area is 141 Å². The number of carbonyl (C=O) groups is 1. The maximum Gasteiger partial charge on any atom is 0.338 e. The number of methoxy groups -OCH3 is 1. The van der Waals surface area contributed by atoms with Gasteiger partial charge in [-0.05, 0) is 42.3 Å². The third kappa shape index (κ3) is 3.34. The van der Waals surface area contributed by atoms with Gasteiger partial charge in [0, 0.05) is 23.1 Å². The molecule has 1 heterocycles. The zero-order valence-corrected chi connectivity index (χ0v) is 14.1. The molecular weight excluding hydrogens is 300 g/mol. The van der Waals surface area contributed by atoms with Crippen molar-refractivity contribution >= 4 is 16.9 Å². The normalized spacial score (nSPS) is 10.9. The van der Waals surface area contributed by atoms with E-state index in [4.69, 9.17) is 4.74 Å². The van der Waals surface area contributed by atoms with Crippen LogP contribution in [0.1, 0.15) is 29.3 Å². The highest BCUT2D eigenvalue weighted by Crippen LogP contribution is 2.27. The molecule has 0 spiro atoms. The van der Waals surface area contributed by atoms with Gasteiger partial charge in [-0.3, -0.25) is 0 Å². The lowest BCUT2D eigenvalue weighted by Crippen LogP contribution is -2.13. The smallest absolute Gasteiger partial charge is 0.338 e. The van der Waals surface area contributed by atoms with Gasteiger partial charge >= 0.3 is 5.97 Å². The van der Waals surface area contributed by atoms with Crippen LogP contribution < -0.4 is 5.32 Å². The average molecular weight is 322 g/mol. The number of hydrogen-bond donors (Lipinski definition) is 2. The van der Waals surface area contributed by atoms with Gasteiger partial charge in [0.15, 0.2) is 0 Å². The Hall–Kier alpha value is -2.59. The lowest BCUT2D eigenvalue weighted by Gasteiger charge is -2.04. The molecule has 1 aromatic heterocycles. The highest BCUT2D eigenvalue weighted by Gasteiger charge is 2.12. The molecule has 0 bridgehead atoms. The second-order valence-corrected chi connectivity index (χ2v) is 5.82. The van der Waals surface area contributed by atoms with Crippen molar-refractivity contribution in [3.05, 3.63) is 59.7 Å². The molecular formula is C20H22N2O2. The van der Waals surface area contributed by atoms with E-state index in [2.05, 4.69) is 41.5 Å². The number of H-pyrrole nitrogens is 1. The van der Waals surface area contributed by atoms with Crippen LogP contribution in [0.2, 0.25) is 0 Å². The number of ether oxygens (including phenoxy) is 1. The summed E-state index contributed by atoms with van der Waals surface area (Å²) in [5.74, 6) is -0.316. The van der Waals surface area contributed by atoms with Crippen LogP contribution in [-0.2, 0) is 11.3 Å². The van der Waals surface area contributed by atoms with Gasteiger partial charge in [-0.2, -0.15) is 0 Å². The molecule has 3 aromatic rings. The first-order valence-electron chi connectivity index (χ1n) is 8.23. The highest BCUT2D eigenvalue weighted by molar-refractivity contribution is 6.05. The van der Waals surface area contributed by atoms with Gasteiger partial charge in [0.1, 0.15) is 0 Å². The van der Waals surface area contributed by atoms with Crippen LogP contribution >= 0.6 is 0 Å². The molecule has 3 rings (SSSR count). The summed E-state index contributed by atoms with van der Waals surface area (Å²) < 4.78 is 4.86. The Balaban J connectivity index is 1.88. The van der Waals surface area contributed by atoms with Gasteiger partial charge in [0.25, 0.3) is 0 Å². The second-order valence-electron chi connectivity index (χ2n) is 5.82. The molecule has 0 saturated carbocycles. The largest absolute Gasteiger partial charge is 0.465 e. The van der Waals surface area contributed by atoms with Crippen molar-refractivity contribution in [3.8, 4) is 11.3 Å². The van der Waals surface area contributed by atoms with E-state index in [0.717, 1.165) is 41.7 Å². The minimum absolute atomic E-state index is 0.316. The SMILES string of the molecule is CCCNCc1ccc(-c2cc3c(C(=O)OC)cccc3[nH]2)cc1. The van der Waals surface area contributed by atoms with Crippen LogP contribution in [-0.4, -0.2) is 24.6 Å². The molecule has 4 nitrogen and oxygen atoms in total. The summed E-state index contributed by atoms with van der Waals surface area (Å²) >= 11 is 0. The molecule has 2 N–H and O–H groups in total. The van der Waals surface area contributed by atoms with E-state index in [1.165, 1.54) is 12.7 Å². The fraction of sp³-hybridized carbons (Fsp3) is 0.250. The number of aromatic nitrogens is 1. The lowest BCUT2D eigenvalue weighted by molar-refractivity contribution is 0.0603. The van der Waals surface area contributed by atoms with Crippen molar-refractivity contribution in [2.75, 3.05) is 13.7 Å². The number of aromatic amines is 1. The molecule has 0 fully saturated rings. The standard InChI is InChI=1S/C20H22N2O2/c1-3-11-21-13-14-7-9-15(10-8-14)19-12-17-16(20(23)24-2)5-4-6-18(17)22-19/h4-10,12,21-22H,3,11,13H2,1-2H3. The molecule has 0 aliphatic heterocycles. The molecule has 0 atom stereocenters. The number of rotatable bonds is 6. The third-order valence-corrected chi connectivity index (χ3v) is 4.09. The predicted octanol–water partition coefficient (Wildman–Crippen LogP) is 4.12. The molecule has 24 heavy (non-hydrogen) atoms. The van der Waals surface area contributed by atoms with Gasteiger partial charge < -0.3 is 15.0 Å². The van der Waals surface area contributed by atoms with E-state index in [0.29, 0.717) is 5.56 Å². The van der Waals surface area contributed by atoms with Crippen LogP contribution in [0, 0.1) is 0 Å². The zero-order chi connectivity index (χ0) is 16.9. The fourth-order valence-electron chi connectivity index (χ4n) is 2.81. The van der Waals surface area contributed by atoms with Gasteiger partial charge in [-0.25, -0.2) is 4.79 Å². The summed E-state index contributed by atoms with van der Waals surface area (Å²) in [5.41, 5.74) is 4.87. The average Bonchev–Trinajstić information content (AvgIpc) is 3.06. The van der Waals surface area contributed by atoms with Crippen molar-refractivity contribution in [1.82, 2.24) is 10.3 Å². The fourth-order valence-corrected chi connectivity index (χ4v) is 2.81. The van der Waals surface area contributed by atoms with Crippen LogP contribution in [0.5, 0.6) is 0 Å². The zero-order valence-electron chi connectivity index (χ0n) is 14.1. The molecule has 0 aliphatic rings. The maximum atomic E-state index is 11.9. The minimum Gasteiger partial charge on any atom is -0.465 e. The molecule has 2 aromatic carbocycles. The van der Waals surface area contributed by atoms with Gasteiger partial charge in [-0.15, -0.1) is 0 Å². The molecule has 4 heteroatoms. The van der Waals surface area contributed by atoms with Gasteiger partial charge in [0.05, 0.1) is 12.7 Å². The van der Waals surface area contributed by atoms with Crippen LogP contribution in [0.3, 0.4) is 0 Å². The minimum atomic E-state index is -0.316. The quantitative estimate of drug-likeness (QED) is 0.530. The van der Waals surface area contributed by atoms with E-state index in [1.54, 1.807) is 6.07 Å². The molecule has 0 amide bonds. The van der Waals surface area contributed by atoms with E-state index in [-0.39, 0.29) is 5.97 Å². The Morgan fingerprint density at radius 2 is 1.96 bits per heavy atom. The van der Waals surface area contributed by atoms with E-state index in [1.807, 2.05) is 18.2 Å². The number of esters is 1. The summed E-state index contributed by atoms with van der Waals surface area (Å²) in [5, 5.41) is 4.28. The van der Waals surface area contributed by atoms with E-state index >= 15 is 0 Å². The number of fused-ring (bicyclic) bond motifs is 1. The van der Waals surface area contributed by atoms with Crippen molar-refractivity contribution in [3.63, 3.8) is 0 Å². The first-order valence-corrected chi connectivity index (χ1v) is 8.23. The first kappa shape index (κ1) is 16.3. The van der Waals surface area contributed by atoms with Crippen LogP contribution in [0.15, 0.2) is 48.5 Å². The topological polar surface area (TPSA) is 54.1 Å². The maximum absolute atomic E-state index is 11.9. The Morgan fingerprint density at radius 3 is 2.67 bits per heavy atom. The lowest BCUT2D eigenvalue weighted by atomic mass is 10.1. The summed E-state index contributed by atoms with van der Waals surface area (Å²) in [6, 6.07) is 16.1. The van der Waals surface area contributed by atoms with E-state index in [9.17, 15) is 4.79 Å². The van der Waals surface area contributed by atoms with Crippen LogP contribution in [0.4, 0.5) is 0 Å². The van der Waals surface area contributed by atoms with Crippen molar-refractivity contribution in [1.29, 1.82) is 0 Å². The summed E-state index contributed by atoms with van der Waals surface area (Å²) in [6.07, 6.45) is 1.13. The second kappa shape index (κ2) is 7.32. The number of hydrogen-bond acceptors (Lipinski definition) is 3. The third-order valence-electron chi connectivity index (χ3n) is 4.09.